The summed E-state index contributed by atoms with van der Waals surface area (Å²) in [6.45, 7) is 3.29. The fourth-order valence-corrected chi connectivity index (χ4v) is 2.70. The summed E-state index contributed by atoms with van der Waals surface area (Å²) in [5.41, 5.74) is 7.02. The Labute approximate surface area is 117 Å². The van der Waals surface area contributed by atoms with E-state index in [1.54, 1.807) is 7.11 Å². The van der Waals surface area contributed by atoms with Crippen LogP contribution in [0.1, 0.15) is 24.9 Å². The Morgan fingerprint density at radius 2 is 1.95 bits per heavy atom. The lowest BCUT2D eigenvalue weighted by Gasteiger charge is -2.12. The molecule has 0 amide bonds. The molecule has 108 valence electrons. The molecule has 2 unspecified atom stereocenters. The minimum absolute atomic E-state index is 0.210. The van der Waals surface area contributed by atoms with Crippen molar-refractivity contribution < 1.29 is 13.7 Å². The van der Waals surface area contributed by atoms with Crippen molar-refractivity contribution in [3.05, 3.63) is 29.8 Å². The first kappa shape index (κ1) is 16.1. The van der Waals surface area contributed by atoms with Crippen LogP contribution in [0.3, 0.4) is 0 Å². The maximum absolute atomic E-state index is 11.7. The van der Waals surface area contributed by atoms with Crippen LogP contribution in [-0.2, 0) is 15.5 Å². The highest BCUT2D eigenvalue weighted by molar-refractivity contribution is 7.85. The van der Waals surface area contributed by atoms with Crippen LogP contribution in [0.25, 0.3) is 0 Å². The van der Waals surface area contributed by atoms with E-state index in [9.17, 15) is 4.21 Å². The summed E-state index contributed by atoms with van der Waals surface area (Å²) in [5.74, 6) is 1.83. The molecule has 0 fully saturated rings. The third-order valence-electron chi connectivity index (χ3n) is 2.66. The van der Waals surface area contributed by atoms with Crippen molar-refractivity contribution >= 4 is 10.8 Å². The lowest BCUT2D eigenvalue weighted by molar-refractivity contribution is 0.218. The van der Waals surface area contributed by atoms with Crippen LogP contribution in [0.4, 0.5) is 0 Å². The van der Waals surface area contributed by atoms with Crippen LogP contribution >= 0.6 is 0 Å². The lowest BCUT2D eigenvalue weighted by atomic mass is 10.1. The van der Waals surface area contributed by atoms with Crippen LogP contribution in [0.2, 0.25) is 0 Å². The van der Waals surface area contributed by atoms with Gasteiger partial charge in [0.2, 0.25) is 0 Å². The van der Waals surface area contributed by atoms with E-state index in [0.29, 0.717) is 24.7 Å². The first-order chi connectivity index (χ1) is 9.17. The van der Waals surface area contributed by atoms with Gasteiger partial charge in [0.1, 0.15) is 5.75 Å². The van der Waals surface area contributed by atoms with E-state index in [1.807, 2.05) is 24.3 Å². The molecule has 1 aromatic carbocycles. The molecule has 1 rings (SSSR count). The number of ether oxygens (including phenoxy) is 2. The molecule has 0 saturated heterocycles. The van der Waals surface area contributed by atoms with Gasteiger partial charge in [0.25, 0.3) is 0 Å². The predicted octanol–water partition coefficient (Wildman–Crippen LogP) is 1.87. The number of hydrogen-bond donors (Lipinski definition) is 1. The minimum Gasteiger partial charge on any atom is -0.494 e. The molecule has 0 radical (unpaired) electrons. The van der Waals surface area contributed by atoms with Crippen LogP contribution in [0.5, 0.6) is 5.75 Å². The first-order valence-electron chi connectivity index (χ1n) is 6.49. The highest BCUT2D eigenvalue weighted by atomic mass is 32.2. The van der Waals surface area contributed by atoms with E-state index >= 15 is 0 Å². The molecule has 0 bridgehead atoms. The number of nitrogens with two attached hydrogens (primary N) is 1. The Morgan fingerprint density at radius 1 is 1.26 bits per heavy atom. The largest absolute Gasteiger partial charge is 0.494 e. The molecule has 0 aromatic heterocycles. The standard InChI is InChI=1S/C14H23NO3S/c1-3-8-18-13-6-4-12(5-7-13)14(15)11-19(16)10-9-17-2/h4-7,14H,3,8-11,15H2,1-2H3. The Kier molecular flexibility index (Phi) is 7.70. The van der Waals surface area contributed by atoms with Gasteiger partial charge in [-0.2, -0.15) is 0 Å². The van der Waals surface area contributed by atoms with Crippen molar-refractivity contribution in [1.29, 1.82) is 0 Å². The molecule has 2 atom stereocenters. The molecule has 4 nitrogen and oxygen atoms in total. The van der Waals surface area contributed by atoms with Gasteiger partial charge in [-0.3, -0.25) is 4.21 Å². The Balaban J connectivity index is 2.48. The smallest absolute Gasteiger partial charge is 0.119 e. The van der Waals surface area contributed by atoms with Crippen LogP contribution in [0.15, 0.2) is 24.3 Å². The molecule has 5 heteroatoms. The fourth-order valence-electron chi connectivity index (χ4n) is 1.59. The zero-order valence-electron chi connectivity index (χ0n) is 11.6. The minimum atomic E-state index is -0.942. The molecule has 0 spiro atoms. The van der Waals surface area contributed by atoms with Gasteiger partial charge in [0.15, 0.2) is 0 Å². The lowest BCUT2D eigenvalue weighted by Crippen LogP contribution is -2.20. The summed E-state index contributed by atoms with van der Waals surface area (Å²) < 4.78 is 22.1. The number of methoxy groups -OCH3 is 1. The molecule has 2 N–H and O–H groups in total. The van der Waals surface area contributed by atoms with Crippen molar-refractivity contribution in [2.45, 2.75) is 19.4 Å². The average molecular weight is 285 g/mol. The zero-order valence-corrected chi connectivity index (χ0v) is 12.4. The summed E-state index contributed by atoms with van der Waals surface area (Å²) in [5, 5.41) is 0. The summed E-state index contributed by atoms with van der Waals surface area (Å²) >= 11 is 0. The van der Waals surface area contributed by atoms with Gasteiger partial charge in [-0.15, -0.1) is 0 Å². The second-order valence-corrected chi connectivity index (χ2v) is 5.95. The Hall–Kier alpha value is -0.910. The van der Waals surface area contributed by atoms with Crippen LogP contribution in [-0.4, -0.2) is 36.0 Å². The number of hydrogen-bond acceptors (Lipinski definition) is 4. The highest BCUT2D eigenvalue weighted by Gasteiger charge is 2.10. The van der Waals surface area contributed by atoms with E-state index in [-0.39, 0.29) is 6.04 Å². The maximum Gasteiger partial charge on any atom is 0.119 e. The molecule has 19 heavy (non-hydrogen) atoms. The van der Waals surface area contributed by atoms with Crippen molar-refractivity contribution in [3.63, 3.8) is 0 Å². The van der Waals surface area contributed by atoms with Crippen LogP contribution in [0, 0.1) is 0 Å². The maximum atomic E-state index is 11.7. The van der Waals surface area contributed by atoms with Gasteiger partial charge in [-0.1, -0.05) is 19.1 Å². The fraction of sp³-hybridized carbons (Fsp3) is 0.571. The van der Waals surface area contributed by atoms with Crippen molar-refractivity contribution in [3.8, 4) is 5.75 Å². The van der Waals surface area contributed by atoms with Crippen molar-refractivity contribution in [2.24, 2.45) is 5.73 Å². The molecule has 0 aliphatic heterocycles. The van der Waals surface area contributed by atoms with Gasteiger partial charge >= 0.3 is 0 Å². The third-order valence-corrected chi connectivity index (χ3v) is 4.01. The predicted molar refractivity (Wildman–Crippen MR) is 78.9 cm³/mol. The van der Waals surface area contributed by atoms with Crippen molar-refractivity contribution in [1.82, 2.24) is 0 Å². The zero-order chi connectivity index (χ0) is 14.1. The van der Waals surface area contributed by atoms with Gasteiger partial charge in [-0.25, -0.2) is 0 Å². The Morgan fingerprint density at radius 3 is 2.53 bits per heavy atom. The van der Waals surface area contributed by atoms with E-state index in [0.717, 1.165) is 17.7 Å². The molecule has 0 aliphatic rings. The van der Waals surface area contributed by atoms with Gasteiger partial charge < -0.3 is 15.2 Å². The topological polar surface area (TPSA) is 61.5 Å². The van der Waals surface area contributed by atoms with Crippen LogP contribution < -0.4 is 10.5 Å². The first-order valence-corrected chi connectivity index (χ1v) is 7.98. The number of rotatable bonds is 9. The molecule has 0 heterocycles. The summed E-state index contributed by atoms with van der Waals surface area (Å²) in [7, 11) is 0.661. The summed E-state index contributed by atoms with van der Waals surface area (Å²) in [4.78, 5) is 0. The number of benzene rings is 1. The summed E-state index contributed by atoms with van der Waals surface area (Å²) in [6, 6.07) is 7.47. The molecule has 1 aromatic rings. The van der Waals surface area contributed by atoms with Crippen molar-refractivity contribution in [2.75, 3.05) is 31.8 Å². The second kappa shape index (κ2) is 9.07. The Bertz CT molecular complexity index is 381. The van der Waals surface area contributed by atoms with Gasteiger partial charge in [0.05, 0.1) is 13.2 Å². The monoisotopic (exact) mass is 285 g/mol. The van der Waals surface area contributed by atoms with E-state index in [4.69, 9.17) is 15.2 Å². The van der Waals surface area contributed by atoms with E-state index < -0.39 is 10.8 Å². The van der Waals surface area contributed by atoms with E-state index in [1.165, 1.54) is 0 Å². The molecular weight excluding hydrogens is 262 g/mol. The second-order valence-electron chi connectivity index (χ2n) is 4.33. The van der Waals surface area contributed by atoms with E-state index in [2.05, 4.69) is 6.92 Å². The highest BCUT2D eigenvalue weighted by Crippen LogP contribution is 2.17. The summed E-state index contributed by atoms with van der Waals surface area (Å²) in [6.07, 6.45) is 0.986. The molecular formula is C14H23NO3S. The third kappa shape index (κ3) is 6.18. The van der Waals surface area contributed by atoms with Gasteiger partial charge in [-0.05, 0) is 24.1 Å². The quantitative estimate of drug-likeness (QED) is 0.752. The molecule has 0 saturated carbocycles. The normalized spacial score (nSPS) is 14.1. The molecule has 0 aliphatic carbocycles. The van der Waals surface area contributed by atoms with Gasteiger partial charge in [0, 0.05) is 35.5 Å². The average Bonchev–Trinajstić information content (AvgIpc) is 2.43. The SMILES string of the molecule is CCCOc1ccc(C(N)CS(=O)CCOC)cc1.